The van der Waals surface area contributed by atoms with Gasteiger partial charge in [-0.05, 0) is 37.3 Å². The lowest BCUT2D eigenvalue weighted by Crippen LogP contribution is -2.21. The second kappa shape index (κ2) is 6.54. The van der Waals surface area contributed by atoms with Crippen LogP contribution in [0.25, 0.3) is 11.0 Å². The third-order valence-electron chi connectivity index (χ3n) is 3.78. The first-order valence-electron chi connectivity index (χ1n) is 7.62. The van der Waals surface area contributed by atoms with Crippen molar-refractivity contribution in [2.24, 2.45) is 0 Å². The van der Waals surface area contributed by atoms with Gasteiger partial charge < -0.3 is 15.2 Å². The molecule has 122 valence electrons. The molecule has 0 aliphatic carbocycles. The molecular weight excluding hydrogens is 304 g/mol. The van der Waals surface area contributed by atoms with Crippen LogP contribution in [-0.2, 0) is 11.3 Å². The summed E-state index contributed by atoms with van der Waals surface area (Å²) in [5, 5.41) is 5.39. The molecule has 3 aromatic rings. The molecule has 2 N–H and O–H groups in total. The number of aromatic nitrogens is 2. The van der Waals surface area contributed by atoms with Crippen LogP contribution in [0.15, 0.2) is 48.5 Å². The van der Waals surface area contributed by atoms with Gasteiger partial charge in [0.25, 0.3) is 5.91 Å². The van der Waals surface area contributed by atoms with Gasteiger partial charge in [0, 0.05) is 18.3 Å². The minimum absolute atomic E-state index is 0.163. The van der Waals surface area contributed by atoms with Crippen molar-refractivity contribution >= 4 is 28.5 Å². The molecule has 0 radical (unpaired) electrons. The second-order valence-electron chi connectivity index (χ2n) is 5.44. The van der Waals surface area contributed by atoms with Crippen LogP contribution < -0.4 is 10.6 Å². The number of nitrogens with one attached hydrogen (secondary N) is 2. The zero-order chi connectivity index (χ0) is 17.1. The molecule has 0 saturated heterocycles. The van der Waals surface area contributed by atoms with Crippen molar-refractivity contribution < 1.29 is 9.59 Å². The molecule has 6 heteroatoms. The molecule has 6 nitrogen and oxygen atoms in total. The number of hydrogen-bond donors (Lipinski definition) is 2. The van der Waals surface area contributed by atoms with E-state index in [1.165, 1.54) is 0 Å². The van der Waals surface area contributed by atoms with Gasteiger partial charge in [-0.25, -0.2) is 4.98 Å². The van der Waals surface area contributed by atoms with Crippen LogP contribution in [0.1, 0.15) is 16.2 Å². The number of carbonyl (C=O) groups is 2. The lowest BCUT2D eigenvalue weighted by atomic mass is 10.2. The fourth-order valence-corrected chi connectivity index (χ4v) is 2.62. The first-order chi connectivity index (χ1) is 11.6. The molecule has 0 unspecified atom stereocenters. The zero-order valence-electron chi connectivity index (χ0n) is 13.5. The monoisotopic (exact) mass is 322 g/mol. The van der Waals surface area contributed by atoms with Gasteiger partial charge in [0.1, 0.15) is 12.4 Å². The normalized spacial score (nSPS) is 10.6. The number of rotatable bonds is 4. The van der Waals surface area contributed by atoms with Crippen molar-refractivity contribution in [1.82, 2.24) is 14.9 Å². The highest BCUT2D eigenvalue weighted by Crippen LogP contribution is 2.16. The Labute approximate surface area is 139 Å². The van der Waals surface area contributed by atoms with Crippen LogP contribution in [0.5, 0.6) is 0 Å². The predicted molar refractivity (Wildman–Crippen MR) is 92.9 cm³/mol. The van der Waals surface area contributed by atoms with Gasteiger partial charge in [0.05, 0.1) is 11.0 Å². The number of anilines is 1. The Bertz CT molecular complexity index is 914. The molecular formula is C18H18N4O2. The largest absolute Gasteiger partial charge is 0.355 e. The molecule has 2 amide bonds. The Morgan fingerprint density at radius 1 is 1.12 bits per heavy atom. The molecule has 3 rings (SSSR count). The summed E-state index contributed by atoms with van der Waals surface area (Å²) in [6, 6.07) is 14.5. The summed E-state index contributed by atoms with van der Waals surface area (Å²) in [7, 11) is 1.57. The van der Waals surface area contributed by atoms with Crippen molar-refractivity contribution in [3.8, 4) is 0 Å². The maximum absolute atomic E-state index is 12.4. The van der Waals surface area contributed by atoms with E-state index in [-0.39, 0.29) is 18.4 Å². The fraction of sp³-hybridized carbons (Fsp3) is 0.167. The molecule has 0 spiro atoms. The number of amides is 2. The van der Waals surface area contributed by atoms with E-state index < -0.39 is 0 Å². The topological polar surface area (TPSA) is 76.0 Å². The first kappa shape index (κ1) is 15.7. The summed E-state index contributed by atoms with van der Waals surface area (Å²) < 4.78 is 1.87. The van der Waals surface area contributed by atoms with Crippen molar-refractivity contribution in [2.45, 2.75) is 13.5 Å². The van der Waals surface area contributed by atoms with Gasteiger partial charge in [-0.1, -0.05) is 18.2 Å². The number of hydrogen-bond acceptors (Lipinski definition) is 3. The number of aryl methyl sites for hydroxylation is 1. The SMILES string of the molecule is CNC(=O)c1cccc(NC(=O)Cn2c(C)nc3ccccc32)c1. The predicted octanol–water partition coefficient (Wildman–Crippen LogP) is 2.34. The molecule has 1 aromatic heterocycles. The lowest BCUT2D eigenvalue weighted by molar-refractivity contribution is -0.116. The van der Waals surface area contributed by atoms with Crippen molar-refractivity contribution in [1.29, 1.82) is 0 Å². The van der Waals surface area contributed by atoms with Crippen LogP contribution >= 0.6 is 0 Å². The molecule has 0 aliphatic heterocycles. The van der Waals surface area contributed by atoms with E-state index >= 15 is 0 Å². The van der Waals surface area contributed by atoms with Gasteiger partial charge in [-0.15, -0.1) is 0 Å². The van der Waals surface area contributed by atoms with E-state index in [4.69, 9.17) is 0 Å². The maximum atomic E-state index is 12.4. The van der Waals surface area contributed by atoms with E-state index in [2.05, 4.69) is 15.6 Å². The van der Waals surface area contributed by atoms with Gasteiger partial charge in [0.15, 0.2) is 0 Å². The highest BCUT2D eigenvalue weighted by atomic mass is 16.2. The highest BCUT2D eigenvalue weighted by Gasteiger charge is 2.11. The summed E-state index contributed by atoms with van der Waals surface area (Å²) >= 11 is 0. The number of nitrogens with zero attached hydrogens (tertiary/aromatic N) is 2. The summed E-state index contributed by atoms with van der Waals surface area (Å²) in [5.41, 5.74) is 2.87. The lowest BCUT2D eigenvalue weighted by Gasteiger charge is -2.09. The van der Waals surface area contributed by atoms with Gasteiger partial charge >= 0.3 is 0 Å². The smallest absolute Gasteiger partial charge is 0.251 e. The number of para-hydroxylation sites is 2. The summed E-state index contributed by atoms with van der Waals surface area (Å²) in [5.74, 6) is 0.420. The highest BCUT2D eigenvalue weighted by molar-refractivity contribution is 5.97. The molecule has 1 heterocycles. The first-order valence-corrected chi connectivity index (χ1v) is 7.62. The Balaban J connectivity index is 1.78. The average Bonchev–Trinajstić information content (AvgIpc) is 2.90. The molecule has 0 atom stereocenters. The second-order valence-corrected chi connectivity index (χ2v) is 5.44. The number of benzene rings is 2. The van der Waals surface area contributed by atoms with E-state index in [0.29, 0.717) is 11.3 Å². The van der Waals surface area contributed by atoms with Crippen LogP contribution in [0, 0.1) is 6.92 Å². The minimum atomic E-state index is -0.192. The van der Waals surface area contributed by atoms with Crippen molar-refractivity contribution in [3.05, 3.63) is 59.9 Å². The molecule has 0 aliphatic rings. The average molecular weight is 322 g/mol. The van der Waals surface area contributed by atoms with E-state index in [1.54, 1.807) is 31.3 Å². The third-order valence-corrected chi connectivity index (χ3v) is 3.78. The summed E-state index contributed by atoms with van der Waals surface area (Å²) in [6.45, 7) is 2.04. The van der Waals surface area contributed by atoms with Gasteiger partial charge in [-0.2, -0.15) is 0 Å². The number of fused-ring (bicyclic) bond motifs is 1. The van der Waals surface area contributed by atoms with Crippen LogP contribution in [-0.4, -0.2) is 28.4 Å². The number of carbonyl (C=O) groups excluding carboxylic acids is 2. The molecule has 0 saturated carbocycles. The Hall–Kier alpha value is -3.15. The van der Waals surface area contributed by atoms with Gasteiger partial charge in [-0.3, -0.25) is 9.59 Å². The minimum Gasteiger partial charge on any atom is -0.355 e. The third kappa shape index (κ3) is 3.12. The van der Waals surface area contributed by atoms with Crippen LogP contribution in [0.2, 0.25) is 0 Å². The van der Waals surface area contributed by atoms with Crippen LogP contribution in [0.4, 0.5) is 5.69 Å². The summed E-state index contributed by atoms with van der Waals surface area (Å²) in [4.78, 5) is 28.5. The number of imidazole rings is 1. The van der Waals surface area contributed by atoms with E-state index in [0.717, 1.165) is 16.9 Å². The standard InChI is InChI=1S/C18H18N4O2/c1-12-20-15-8-3-4-9-16(15)22(12)11-17(23)21-14-7-5-6-13(10-14)18(24)19-2/h3-10H,11H2,1-2H3,(H,19,24)(H,21,23). The van der Waals surface area contributed by atoms with Crippen molar-refractivity contribution in [2.75, 3.05) is 12.4 Å². The van der Waals surface area contributed by atoms with Crippen molar-refractivity contribution in [3.63, 3.8) is 0 Å². The quantitative estimate of drug-likeness (QED) is 0.774. The zero-order valence-corrected chi connectivity index (χ0v) is 13.5. The molecule has 0 fully saturated rings. The van der Waals surface area contributed by atoms with E-state index in [9.17, 15) is 9.59 Å². The Kier molecular flexibility index (Phi) is 4.29. The van der Waals surface area contributed by atoms with E-state index in [1.807, 2.05) is 35.8 Å². The Morgan fingerprint density at radius 3 is 2.71 bits per heavy atom. The maximum Gasteiger partial charge on any atom is 0.251 e. The van der Waals surface area contributed by atoms with Gasteiger partial charge in [0.2, 0.25) is 5.91 Å². The van der Waals surface area contributed by atoms with Crippen LogP contribution in [0.3, 0.4) is 0 Å². The molecule has 2 aromatic carbocycles. The Morgan fingerprint density at radius 2 is 1.92 bits per heavy atom. The fourth-order valence-electron chi connectivity index (χ4n) is 2.62. The summed E-state index contributed by atoms with van der Waals surface area (Å²) in [6.07, 6.45) is 0. The molecule has 0 bridgehead atoms. The molecule has 24 heavy (non-hydrogen) atoms.